The molecule has 1 fully saturated rings. The summed E-state index contributed by atoms with van der Waals surface area (Å²) in [6.45, 7) is 0. The van der Waals surface area contributed by atoms with Crippen molar-refractivity contribution in [3.63, 3.8) is 0 Å². The van der Waals surface area contributed by atoms with Gasteiger partial charge in [0.25, 0.3) is 0 Å². The van der Waals surface area contributed by atoms with E-state index >= 15 is 0 Å². The average Bonchev–Trinajstić information content (AvgIpc) is 2.99. The molecule has 2 unspecified atom stereocenters. The lowest BCUT2D eigenvalue weighted by Crippen LogP contribution is -2.57. The van der Waals surface area contributed by atoms with Crippen LogP contribution in [0, 0.1) is 5.41 Å². The molecule has 0 aliphatic carbocycles. The summed E-state index contributed by atoms with van der Waals surface area (Å²) in [5, 5.41) is 8.36. The number of nitrogens with one attached hydrogen (secondary N) is 1. The van der Waals surface area contributed by atoms with E-state index in [2.05, 4.69) is 4.99 Å². The minimum atomic E-state index is -1.33. The van der Waals surface area contributed by atoms with Crippen LogP contribution < -0.4 is 5.73 Å². The molecule has 2 heterocycles. The Morgan fingerprint density at radius 2 is 1.32 bits per heavy atom. The first-order chi connectivity index (χ1) is 12.0. The van der Waals surface area contributed by atoms with Crippen LogP contribution in [0.5, 0.6) is 0 Å². The van der Waals surface area contributed by atoms with Crippen molar-refractivity contribution < 1.29 is 0 Å². The Hall–Kier alpha value is -2.15. The van der Waals surface area contributed by atoms with Gasteiger partial charge in [-0.3, -0.25) is 5.41 Å². The number of nitrogens with zero attached hydrogens (tertiary/aromatic N) is 4. The number of nitrogens with two attached hydrogens (primary N) is 1. The maximum absolute atomic E-state index is 8.36. The fraction of sp³-hybridized carbons (Fsp3) is 0.125. The summed E-state index contributed by atoms with van der Waals surface area (Å²) in [4.78, 5) is 4.58. The van der Waals surface area contributed by atoms with Crippen LogP contribution in [-0.4, -0.2) is 25.2 Å². The Morgan fingerprint density at radius 3 is 1.88 bits per heavy atom. The SMILES string of the molecule is N=C1N(Cl)C2(c3ccccc3)N=C(N)N(Cl)C2(c2ccccc2)N1Cl. The monoisotopic (exact) mass is 394 g/mol. The van der Waals surface area contributed by atoms with Gasteiger partial charge >= 0.3 is 0 Å². The van der Waals surface area contributed by atoms with Crippen LogP contribution >= 0.6 is 35.3 Å². The molecule has 2 aromatic carbocycles. The third-order valence-electron chi connectivity index (χ3n) is 4.54. The van der Waals surface area contributed by atoms with Gasteiger partial charge in [-0.05, 0) is 0 Å². The second kappa shape index (κ2) is 5.42. The molecule has 0 spiro atoms. The van der Waals surface area contributed by atoms with E-state index in [1.165, 1.54) is 8.84 Å². The molecule has 6 nitrogen and oxygen atoms in total. The molecule has 0 saturated carbocycles. The van der Waals surface area contributed by atoms with Crippen LogP contribution in [-0.2, 0) is 11.3 Å². The first kappa shape index (κ1) is 16.3. The maximum Gasteiger partial charge on any atom is 0.228 e. The van der Waals surface area contributed by atoms with Crippen molar-refractivity contribution >= 4 is 47.2 Å². The summed E-state index contributed by atoms with van der Waals surface area (Å²) >= 11 is 19.7. The highest BCUT2D eigenvalue weighted by atomic mass is 35.5. The molecule has 0 radical (unpaired) electrons. The van der Waals surface area contributed by atoms with E-state index in [9.17, 15) is 0 Å². The lowest BCUT2D eigenvalue weighted by molar-refractivity contribution is 0.0683. The third-order valence-corrected chi connectivity index (χ3v) is 5.77. The van der Waals surface area contributed by atoms with Crippen molar-refractivity contribution in [2.75, 3.05) is 0 Å². The van der Waals surface area contributed by atoms with Crippen molar-refractivity contribution in [1.29, 1.82) is 5.41 Å². The Balaban J connectivity index is 2.12. The summed E-state index contributed by atoms with van der Waals surface area (Å²) < 4.78 is 3.57. The zero-order valence-corrected chi connectivity index (χ0v) is 15.0. The first-order valence-corrected chi connectivity index (χ1v) is 8.42. The average molecular weight is 396 g/mol. The smallest absolute Gasteiger partial charge is 0.228 e. The summed E-state index contributed by atoms with van der Waals surface area (Å²) in [5.74, 6) is -0.101. The van der Waals surface area contributed by atoms with Crippen LogP contribution in [0.2, 0.25) is 0 Å². The Bertz CT molecular complexity index is 861. The highest BCUT2D eigenvalue weighted by Gasteiger charge is 2.75. The van der Waals surface area contributed by atoms with E-state index in [1.807, 2.05) is 60.7 Å². The summed E-state index contributed by atoms with van der Waals surface area (Å²) in [6.07, 6.45) is 0. The lowest BCUT2D eigenvalue weighted by Gasteiger charge is -2.43. The van der Waals surface area contributed by atoms with Gasteiger partial charge in [0.15, 0.2) is 0 Å². The van der Waals surface area contributed by atoms with Crippen molar-refractivity contribution in [3.05, 3.63) is 71.8 Å². The van der Waals surface area contributed by atoms with Crippen LogP contribution in [0.25, 0.3) is 0 Å². The molecular formula is C16H13Cl3N6. The number of rotatable bonds is 2. The maximum atomic E-state index is 8.36. The topological polar surface area (TPSA) is 71.9 Å². The molecule has 3 N–H and O–H groups in total. The summed E-state index contributed by atoms with van der Waals surface area (Å²) in [7, 11) is 0. The minimum absolute atomic E-state index is 0.0539. The zero-order valence-electron chi connectivity index (χ0n) is 12.8. The van der Waals surface area contributed by atoms with Gasteiger partial charge in [0, 0.05) is 46.5 Å². The number of hydrogen-bond donors (Lipinski definition) is 2. The van der Waals surface area contributed by atoms with Gasteiger partial charge in [-0.2, -0.15) is 0 Å². The molecular weight excluding hydrogens is 383 g/mol. The minimum Gasteiger partial charge on any atom is -0.369 e. The van der Waals surface area contributed by atoms with Gasteiger partial charge in [0.05, 0.1) is 0 Å². The predicted molar refractivity (Wildman–Crippen MR) is 98.7 cm³/mol. The zero-order chi connectivity index (χ0) is 17.8. The number of benzene rings is 2. The number of hydrogen-bond acceptors (Lipinski definition) is 4. The third kappa shape index (κ3) is 1.76. The normalized spacial score (nSPS) is 28.4. The van der Waals surface area contributed by atoms with Crippen molar-refractivity contribution in [2.45, 2.75) is 11.3 Å². The molecule has 0 amide bonds. The molecule has 128 valence electrons. The van der Waals surface area contributed by atoms with E-state index in [0.717, 1.165) is 4.42 Å². The van der Waals surface area contributed by atoms with E-state index in [0.29, 0.717) is 11.1 Å². The van der Waals surface area contributed by atoms with Gasteiger partial charge in [-0.15, -0.1) is 0 Å². The molecule has 25 heavy (non-hydrogen) atoms. The van der Waals surface area contributed by atoms with E-state index < -0.39 is 11.3 Å². The predicted octanol–water partition coefficient (Wildman–Crippen LogP) is 3.34. The molecule has 0 aromatic heterocycles. The Morgan fingerprint density at radius 1 is 0.800 bits per heavy atom. The van der Waals surface area contributed by atoms with Gasteiger partial charge in [0.1, 0.15) is 0 Å². The summed E-state index contributed by atoms with van der Waals surface area (Å²) in [5.41, 5.74) is 4.82. The van der Waals surface area contributed by atoms with Crippen LogP contribution in [0.3, 0.4) is 0 Å². The second-order valence-corrected chi connectivity index (χ2v) is 6.73. The molecule has 9 heteroatoms. The van der Waals surface area contributed by atoms with Gasteiger partial charge in [-0.25, -0.2) is 18.2 Å². The van der Waals surface area contributed by atoms with Crippen molar-refractivity contribution in [2.24, 2.45) is 10.7 Å². The number of aliphatic imine (C=N–C) groups is 1. The fourth-order valence-electron chi connectivity index (χ4n) is 3.52. The lowest BCUT2D eigenvalue weighted by atomic mass is 9.83. The summed E-state index contributed by atoms with van der Waals surface area (Å²) in [6, 6.07) is 18.6. The number of fused-ring (bicyclic) bond motifs is 1. The standard InChI is InChI=1S/C16H13Cl3N6/c17-23-13(20)22-15(11-7-3-1-4-8-11)16(23,12-9-5-2-6-10-12)25(19)14(21)24(15)18/h1-10,21H,(H2,20,22). The Labute approximate surface area is 159 Å². The number of halogens is 3. The molecule has 2 atom stereocenters. The van der Waals surface area contributed by atoms with Gasteiger partial charge < -0.3 is 5.73 Å². The Kier molecular flexibility index (Phi) is 3.54. The molecule has 2 aliphatic heterocycles. The number of guanidine groups is 2. The van der Waals surface area contributed by atoms with Crippen molar-refractivity contribution in [3.8, 4) is 0 Å². The molecule has 0 bridgehead atoms. The first-order valence-electron chi connectivity index (χ1n) is 7.41. The quantitative estimate of drug-likeness (QED) is 0.765. The highest BCUT2D eigenvalue weighted by molar-refractivity contribution is 6.32. The van der Waals surface area contributed by atoms with Gasteiger partial charge in [-0.1, -0.05) is 60.7 Å². The molecule has 2 aliphatic rings. The van der Waals surface area contributed by atoms with Crippen LogP contribution in [0.1, 0.15) is 11.1 Å². The highest BCUT2D eigenvalue weighted by Crippen LogP contribution is 2.61. The fourth-order valence-corrected chi connectivity index (χ4v) is 4.62. The van der Waals surface area contributed by atoms with Crippen molar-refractivity contribution in [1.82, 2.24) is 13.3 Å². The molecule has 2 aromatic rings. The van der Waals surface area contributed by atoms with Crippen LogP contribution in [0.15, 0.2) is 65.7 Å². The molecule has 4 rings (SSSR count). The van der Waals surface area contributed by atoms with E-state index in [4.69, 9.17) is 46.5 Å². The van der Waals surface area contributed by atoms with Crippen LogP contribution in [0.4, 0.5) is 0 Å². The largest absolute Gasteiger partial charge is 0.369 e. The van der Waals surface area contributed by atoms with E-state index in [1.54, 1.807) is 0 Å². The molecule has 1 saturated heterocycles. The second-order valence-electron chi connectivity index (χ2n) is 5.71. The van der Waals surface area contributed by atoms with Gasteiger partial charge in [0.2, 0.25) is 23.2 Å². The van der Waals surface area contributed by atoms with E-state index in [-0.39, 0.29) is 11.9 Å².